The Bertz CT molecular complexity index is 1520. The van der Waals surface area contributed by atoms with Crippen LogP contribution in [0.15, 0.2) is 152 Å². The van der Waals surface area contributed by atoms with Gasteiger partial charge in [0.1, 0.15) is 0 Å². The van der Waals surface area contributed by atoms with Gasteiger partial charge in [0.25, 0.3) is 0 Å². The summed E-state index contributed by atoms with van der Waals surface area (Å²) >= 11 is 6.37. The van der Waals surface area contributed by atoms with E-state index in [0.717, 1.165) is 10.6 Å². The second-order valence-corrected chi connectivity index (χ2v) is 9.50. The number of rotatable bonds is 5. The van der Waals surface area contributed by atoms with Gasteiger partial charge in [0.2, 0.25) is 0 Å². The largest absolute Gasteiger partial charge is 0.0843 e. The summed E-state index contributed by atoms with van der Waals surface area (Å²) in [7, 11) is 0. The van der Waals surface area contributed by atoms with E-state index in [1.54, 1.807) is 0 Å². The zero-order chi connectivity index (χ0) is 25.0. The summed E-state index contributed by atoms with van der Waals surface area (Å²) in [5.74, 6) is 0. The fourth-order valence-corrected chi connectivity index (χ4v) is 5.21. The molecular weight excluding hydrogens is 468 g/mol. The van der Waals surface area contributed by atoms with Crippen molar-refractivity contribution in [3.8, 4) is 55.6 Å². The fourth-order valence-electron chi connectivity index (χ4n) is 5.09. The van der Waals surface area contributed by atoms with Gasteiger partial charge in [-0.05, 0) is 73.8 Å². The van der Waals surface area contributed by atoms with Crippen LogP contribution in [0.2, 0.25) is 5.02 Å². The molecule has 0 aliphatic rings. The standard InChI is InChI=1S/C36H25Cl/c37-31-23-21-30(22-24-31)36-34(28-17-9-3-10-18-28)32(26-13-5-1-6-14-26)25-33(27-15-7-2-8-16-27)35(36)29-19-11-4-12-20-29/h1-25H. The summed E-state index contributed by atoms with van der Waals surface area (Å²) in [5, 5.41) is 0.730. The third-order valence-electron chi connectivity index (χ3n) is 6.75. The van der Waals surface area contributed by atoms with Crippen molar-refractivity contribution in [3.05, 3.63) is 157 Å². The lowest BCUT2D eigenvalue weighted by Crippen LogP contribution is -1.98. The number of benzene rings is 6. The molecule has 0 unspecified atom stereocenters. The van der Waals surface area contributed by atoms with Crippen LogP contribution in [0.1, 0.15) is 0 Å². The predicted octanol–water partition coefficient (Wildman–Crippen LogP) is 10.7. The lowest BCUT2D eigenvalue weighted by Gasteiger charge is -2.24. The molecule has 6 rings (SSSR count). The van der Waals surface area contributed by atoms with Crippen molar-refractivity contribution in [1.82, 2.24) is 0 Å². The Kier molecular flexibility index (Phi) is 6.42. The van der Waals surface area contributed by atoms with Crippen LogP contribution in [0.4, 0.5) is 0 Å². The first kappa shape index (κ1) is 23.0. The smallest absolute Gasteiger partial charge is 0.0406 e. The van der Waals surface area contributed by atoms with Gasteiger partial charge in [0, 0.05) is 5.02 Å². The van der Waals surface area contributed by atoms with Crippen molar-refractivity contribution in [1.29, 1.82) is 0 Å². The highest BCUT2D eigenvalue weighted by atomic mass is 35.5. The molecule has 0 aliphatic heterocycles. The minimum absolute atomic E-state index is 0.730. The zero-order valence-electron chi connectivity index (χ0n) is 20.3. The molecule has 0 amide bonds. The fraction of sp³-hybridized carbons (Fsp3) is 0. The Balaban J connectivity index is 1.84. The minimum Gasteiger partial charge on any atom is -0.0843 e. The molecule has 0 heterocycles. The van der Waals surface area contributed by atoms with Crippen LogP contribution in [0.25, 0.3) is 55.6 Å². The first-order valence-electron chi connectivity index (χ1n) is 12.5. The van der Waals surface area contributed by atoms with Crippen molar-refractivity contribution >= 4 is 11.6 Å². The Hall–Kier alpha value is -4.39. The molecule has 176 valence electrons. The lowest BCUT2D eigenvalue weighted by atomic mass is 9.79. The zero-order valence-corrected chi connectivity index (χ0v) is 21.1. The summed E-state index contributed by atoms with van der Waals surface area (Å²) in [4.78, 5) is 0. The summed E-state index contributed by atoms with van der Waals surface area (Å²) in [6, 6.07) is 53.4. The van der Waals surface area contributed by atoms with Gasteiger partial charge in [0.15, 0.2) is 0 Å². The van der Waals surface area contributed by atoms with Crippen LogP contribution in [-0.2, 0) is 0 Å². The van der Waals surface area contributed by atoms with E-state index in [9.17, 15) is 0 Å². The van der Waals surface area contributed by atoms with E-state index in [1.165, 1.54) is 50.1 Å². The number of hydrogen-bond donors (Lipinski definition) is 0. The maximum atomic E-state index is 6.37. The van der Waals surface area contributed by atoms with E-state index in [2.05, 4.69) is 140 Å². The van der Waals surface area contributed by atoms with Crippen LogP contribution in [0.5, 0.6) is 0 Å². The molecule has 37 heavy (non-hydrogen) atoms. The number of hydrogen-bond acceptors (Lipinski definition) is 0. The maximum Gasteiger partial charge on any atom is 0.0406 e. The Morgan fingerprint density at radius 1 is 0.297 bits per heavy atom. The Morgan fingerprint density at radius 2 is 0.622 bits per heavy atom. The Morgan fingerprint density at radius 3 is 1.00 bits per heavy atom. The first-order chi connectivity index (χ1) is 18.3. The molecular formula is C36H25Cl. The van der Waals surface area contributed by atoms with Crippen molar-refractivity contribution in [2.45, 2.75) is 0 Å². The third kappa shape index (κ3) is 4.60. The molecule has 0 N–H and O–H groups in total. The lowest BCUT2D eigenvalue weighted by molar-refractivity contribution is 1.53. The van der Waals surface area contributed by atoms with Gasteiger partial charge in [-0.3, -0.25) is 0 Å². The highest BCUT2D eigenvalue weighted by Gasteiger charge is 2.23. The quantitative estimate of drug-likeness (QED) is 0.224. The molecule has 0 fully saturated rings. The van der Waals surface area contributed by atoms with Gasteiger partial charge in [-0.2, -0.15) is 0 Å². The molecule has 0 atom stereocenters. The van der Waals surface area contributed by atoms with Crippen LogP contribution in [0.3, 0.4) is 0 Å². The van der Waals surface area contributed by atoms with E-state index in [1.807, 2.05) is 12.1 Å². The van der Waals surface area contributed by atoms with E-state index < -0.39 is 0 Å². The average Bonchev–Trinajstić information content (AvgIpc) is 2.98. The van der Waals surface area contributed by atoms with Gasteiger partial charge >= 0.3 is 0 Å². The van der Waals surface area contributed by atoms with Crippen molar-refractivity contribution < 1.29 is 0 Å². The summed E-state index contributed by atoms with van der Waals surface area (Å²) in [6.45, 7) is 0. The van der Waals surface area contributed by atoms with Gasteiger partial charge in [0.05, 0.1) is 0 Å². The molecule has 0 nitrogen and oxygen atoms in total. The molecule has 6 aromatic rings. The van der Waals surface area contributed by atoms with E-state index in [0.29, 0.717) is 0 Å². The van der Waals surface area contributed by atoms with Crippen LogP contribution in [0, 0.1) is 0 Å². The van der Waals surface area contributed by atoms with Crippen LogP contribution >= 0.6 is 11.6 Å². The third-order valence-corrected chi connectivity index (χ3v) is 7.01. The number of halogens is 1. The monoisotopic (exact) mass is 492 g/mol. The molecule has 6 aromatic carbocycles. The molecule has 0 spiro atoms. The van der Waals surface area contributed by atoms with Crippen LogP contribution < -0.4 is 0 Å². The van der Waals surface area contributed by atoms with Crippen molar-refractivity contribution in [3.63, 3.8) is 0 Å². The molecule has 0 bridgehead atoms. The highest BCUT2D eigenvalue weighted by Crippen LogP contribution is 2.50. The van der Waals surface area contributed by atoms with Crippen LogP contribution in [-0.4, -0.2) is 0 Å². The summed E-state index contributed by atoms with van der Waals surface area (Å²) in [6.07, 6.45) is 0. The molecule has 0 saturated heterocycles. The van der Waals surface area contributed by atoms with Crippen molar-refractivity contribution in [2.75, 3.05) is 0 Å². The summed E-state index contributed by atoms with van der Waals surface area (Å²) < 4.78 is 0. The SMILES string of the molecule is Clc1ccc(-c2c(-c3ccccc3)c(-c3ccccc3)cc(-c3ccccc3)c2-c2ccccc2)cc1. The first-order valence-corrected chi connectivity index (χ1v) is 12.9. The highest BCUT2D eigenvalue weighted by molar-refractivity contribution is 6.30. The average molecular weight is 493 g/mol. The maximum absolute atomic E-state index is 6.37. The summed E-state index contributed by atoms with van der Waals surface area (Å²) in [5.41, 5.74) is 11.9. The minimum atomic E-state index is 0.730. The molecule has 1 heteroatoms. The van der Waals surface area contributed by atoms with Gasteiger partial charge < -0.3 is 0 Å². The van der Waals surface area contributed by atoms with Gasteiger partial charge in [-0.1, -0.05) is 145 Å². The predicted molar refractivity (Wildman–Crippen MR) is 159 cm³/mol. The van der Waals surface area contributed by atoms with Gasteiger partial charge in [-0.25, -0.2) is 0 Å². The molecule has 0 aromatic heterocycles. The molecule has 0 aliphatic carbocycles. The topological polar surface area (TPSA) is 0 Å². The normalized spacial score (nSPS) is 10.8. The van der Waals surface area contributed by atoms with Gasteiger partial charge in [-0.15, -0.1) is 0 Å². The molecule has 0 radical (unpaired) electrons. The second-order valence-electron chi connectivity index (χ2n) is 9.07. The van der Waals surface area contributed by atoms with E-state index >= 15 is 0 Å². The molecule has 0 saturated carbocycles. The second kappa shape index (κ2) is 10.3. The van der Waals surface area contributed by atoms with E-state index in [-0.39, 0.29) is 0 Å². The Labute approximate surface area is 223 Å². The van der Waals surface area contributed by atoms with E-state index in [4.69, 9.17) is 11.6 Å². The van der Waals surface area contributed by atoms with Crippen molar-refractivity contribution in [2.24, 2.45) is 0 Å².